The van der Waals surface area contributed by atoms with Crippen LogP contribution in [0.3, 0.4) is 0 Å². The molecule has 1 atom stereocenters. The molecule has 0 aliphatic carbocycles. The number of halogens is 1. The monoisotopic (exact) mass is 587 g/mol. The number of aromatic nitrogens is 3. The molecule has 1 amide bonds. The van der Waals surface area contributed by atoms with Crippen molar-refractivity contribution in [3.63, 3.8) is 0 Å². The Hall–Kier alpha value is -3.18. The number of allylic oxidation sites excluding steroid dienone is 1. The van der Waals surface area contributed by atoms with E-state index in [0.29, 0.717) is 56.4 Å². The molecule has 4 rings (SSSR count). The van der Waals surface area contributed by atoms with E-state index in [1.165, 1.54) is 0 Å². The maximum Gasteiger partial charge on any atom is 0.255 e. The van der Waals surface area contributed by atoms with Gasteiger partial charge in [-0.15, -0.1) is 5.10 Å². The first kappa shape index (κ1) is 26.9. The van der Waals surface area contributed by atoms with E-state index in [1.54, 1.807) is 42.8 Å². The lowest BCUT2D eigenvalue weighted by Crippen LogP contribution is -2.31. The molecular weight excluding hydrogens is 558 g/mol. The van der Waals surface area contributed by atoms with Crippen LogP contribution in [0.5, 0.6) is 17.2 Å². The molecule has 1 aromatic heterocycles. The maximum absolute atomic E-state index is 13.8. The van der Waals surface area contributed by atoms with E-state index in [9.17, 15) is 4.79 Å². The Labute approximate surface area is 229 Å². The van der Waals surface area contributed by atoms with Crippen molar-refractivity contribution in [1.29, 1.82) is 0 Å². The Morgan fingerprint density at radius 2 is 1.95 bits per heavy atom. The lowest BCUT2D eigenvalue weighted by molar-refractivity contribution is -0.113. The summed E-state index contributed by atoms with van der Waals surface area (Å²) >= 11 is 5.20. The van der Waals surface area contributed by atoms with E-state index >= 15 is 0 Å². The number of nitrogens with one attached hydrogen (secondary N) is 2. The van der Waals surface area contributed by atoms with Crippen molar-refractivity contribution >= 4 is 45.2 Å². The zero-order valence-electron chi connectivity index (χ0n) is 21.4. The van der Waals surface area contributed by atoms with Crippen molar-refractivity contribution in [3.8, 4) is 17.2 Å². The van der Waals surface area contributed by atoms with Gasteiger partial charge in [-0.1, -0.05) is 30.8 Å². The number of ether oxygens (including phenoxy) is 3. The van der Waals surface area contributed by atoms with Crippen LogP contribution in [-0.2, 0) is 4.79 Å². The Morgan fingerprint density at radius 3 is 2.65 bits per heavy atom. The second-order valence-electron chi connectivity index (χ2n) is 8.20. The minimum atomic E-state index is -0.574. The summed E-state index contributed by atoms with van der Waals surface area (Å²) in [5, 5.41) is 11.7. The first-order chi connectivity index (χ1) is 17.9. The largest absolute Gasteiger partial charge is 0.495 e. The average Bonchev–Trinajstić information content (AvgIpc) is 3.30. The number of anilines is 2. The van der Waals surface area contributed by atoms with Gasteiger partial charge in [0, 0.05) is 11.4 Å². The van der Waals surface area contributed by atoms with Gasteiger partial charge in [0.05, 0.1) is 36.6 Å². The Balaban J connectivity index is 1.83. The van der Waals surface area contributed by atoms with Gasteiger partial charge in [0.1, 0.15) is 11.8 Å². The summed E-state index contributed by atoms with van der Waals surface area (Å²) in [5.41, 5.74) is 2.53. The van der Waals surface area contributed by atoms with Crippen LogP contribution in [0.15, 0.2) is 57.3 Å². The molecule has 0 saturated heterocycles. The number of carbonyl (C=O) groups is 1. The van der Waals surface area contributed by atoms with E-state index < -0.39 is 6.04 Å². The molecule has 9 nitrogen and oxygen atoms in total. The summed E-state index contributed by atoms with van der Waals surface area (Å²) in [6.07, 6.45) is 0.998. The normalized spacial score (nSPS) is 14.6. The van der Waals surface area contributed by atoms with Crippen LogP contribution in [0, 0.1) is 0 Å². The highest BCUT2D eigenvalue weighted by Gasteiger charge is 2.35. The van der Waals surface area contributed by atoms with Crippen LogP contribution >= 0.6 is 27.7 Å². The number of nitrogens with zero attached hydrogens (tertiary/aromatic N) is 3. The standard InChI is InChI=1S/C26H30BrN5O4S/c1-6-12-37-26-30-25-28-15(3)21(24(33)29-18-10-8-9-11-19(18)34-4)22(32(25)31-26)16-13-17(27)23(36-7-2)20(14-16)35-5/h8-11,13-14,22H,6-7,12H2,1-5H3,(H,29,33)(H,28,30,31). The van der Waals surface area contributed by atoms with Crippen molar-refractivity contribution in [2.75, 3.05) is 37.2 Å². The molecule has 2 N–H and O–H groups in total. The molecule has 0 fully saturated rings. The summed E-state index contributed by atoms with van der Waals surface area (Å²) in [6, 6.07) is 10.5. The molecular formula is C26H30BrN5O4S. The van der Waals surface area contributed by atoms with Crippen molar-refractivity contribution in [2.45, 2.75) is 38.4 Å². The number of hydrogen-bond acceptors (Lipinski definition) is 8. The fourth-order valence-corrected chi connectivity index (χ4v) is 5.37. The van der Waals surface area contributed by atoms with Crippen LogP contribution in [-0.4, -0.2) is 47.3 Å². The number of hydrogen-bond donors (Lipinski definition) is 2. The number of rotatable bonds is 10. The first-order valence-corrected chi connectivity index (χ1v) is 13.7. The Morgan fingerprint density at radius 1 is 1.19 bits per heavy atom. The third-order valence-electron chi connectivity index (χ3n) is 5.72. The Kier molecular flexibility index (Phi) is 8.65. The number of para-hydroxylation sites is 2. The molecule has 3 aromatic rings. The molecule has 2 heterocycles. The predicted octanol–water partition coefficient (Wildman–Crippen LogP) is 5.89. The lowest BCUT2D eigenvalue weighted by Gasteiger charge is -2.29. The predicted molar refractivity (Wildman–Crippen MR) is 149 cm³/mol. The number of benzene rings is 2. The second-order valence-corrected chi connectivity index (χ2v) is 10.1. The lowest BCUT2D eigenvalue weighted by atomic mass is 9.94. The molecule has 0 radical (unpaired) electrons. The highest BCUT2D eigenvalue weighted by Crippen LogP contribution is 2.43. The molecule has 2 aromatic carbocycles. The van der Waals surface area contributed by atoms with Crippen molar-refractivity contribution in [2.24, 2.45) is 0 Å². The number of methoxy groups -OCH3 is 2. The van der Waals surface area contributed by atoms with Gasteiger partial charge in [-0.3, -0.25) is 4.79 Å². The molecule has 0 saturated carbocycles. The van der Waals surface area contributed by atoms with Crippen LogP contribution in [0.25, 0.3) is 0 Å². The molecule has 1 aliphatic rings. The molecule has 11 heteroatoms. The van der Waals surface area contributed by atoms with Crippen molar-refractivity contribution < 1.29 is 19.0 Å². The van der Waals surface area contributed by atoms with E-state index in [0.717, 1.165) is 17.7 Å². The molecule has 196 valence electrons. The first-order valence-electron chi connectivity index (χ1n) is 11.9. The summed E-state index contributed by atoms with van der Waals surface area (Å²) in [6.45, 7) is 6.37. The van der Waals surface area contributed by atoms with Gasteiger partial charge < -0.3 is 24.8 Å². The minimum Gasteiger partial charge on any atom is -0.495 e. The summed E-state index contributed by atoms with van der Waals surface area (Å²) in [4.78, 5) is 18.5. The van der Waals surface area contributed by atoms with Crippen LogP contribution in [0.2, 0.25) is 0 Å². The quantitative estimate of drug-likeness (QED) is 0.283. The zero-order chi connectivity index (χ0) is 26.5. The van der Waals surface area contributed by atoms with Crippen molar-refractivity contribution in [3.05, 3.63) is 57.7 Å². The minimum absolute atomic E-state index is 0.285. The Bertz CT molecular complexity index is 1330. The van der Waals surface area contributed by atoms with E-state index in [1.807, 2.05) is 38.1 Å². The topological polar surface area (TPSA) is 99.5 Å². The third kappa shape index (κ3) is 5.57. The van der Waals surface area contributed by atoms with Crippen LogP contribution in [0.4, 0.5) is 11.6 Å². The highest BCUT2D eigenvalue weighted by molar-refractivity contribution is 9.10. The fourth-order valence-electron chi connectivity index (χ4n) is 4.11. The van der Waals surface area contributed by atoms with Crippen LogP contribution < -0.4 is 24.8 Å². The van der Waals surface area contributed by atoms with Gasteiger partial charge in [-0.25, -0.2) is 4.68 Å². The molecule has 1 unspecified atom stereocenters. The fraction of sp³-hybridized carbons (Fsp3) is 0.346. The summed E-state index contributed by atoms with van der Waals surface area (Å²) in [7, 11) is 3.16. The van der Waals surface area contributed by atoms with E-state index in [4.69, 9.17) is 19.3 Å². The summed E-state index contributed by atoms with van der Waals surface area (Å²) < 4.78 is 19.3. The highest BCUT2D eigenvalue weighted by atomic mass is 79.9. The zero-order valence-corrected chi connectivity index (χ0v) is 23.8. The van der Waals surface area contributed by atoms with Gasteiger partial charge >= 0.3 is 0 Å². The number of thioether (sulfide) groups is 1. The number of fused-ring (bicyclic) bond motifs is 1. The number of carbonyl (C=O) groups excluding carboxylic acids is 1. The maximum atomic E-state index is 13.8. The van der Waals surface area contributed by atoms with Crippen LogP contribution in [0.1, 0.15) is 38.8 Å². The molecule has 37 heavy (non-hydrogen) atoms. The number of amides is 1. The van der Waals surface area contributed by atoms with Gasteiger partial charge in [0.25, 0.3) is 5.91 Å². The average molecular weight is 589 g/mol. The third-order valence-corrected chi connectivity index (χ3v) is 7.36. The van der Waals surface area contributed by atoms with Gasteiger partial charge in [0.15, 0.2) is 11.5 Å². The smallest absolute Gasteiger partial charge is 0.255 e. The van der Waals surface area contributed by atoms with Gasteiger partial charge in [-0.05, 0) is 66.0 Å². The van der Waals surface area contributed by atoms with E-state index in [2.05, 4.69) is 38.5 Å². The second kappa shape index (κ2) is 11.9. The molecule has 0 bridgehead atoms. The molecule has 0 spiro atoms. The van der Waals surface area contributed by atoms with Crippen molar-refractivity contribution in [1.82, 2.24) is 14.8 Å². The molecule has 1 aliphatic heterocycles. The van der Waals surface area contributed by atoms with Gasteiger partial charge in [-0.2, -0.15) is 4.98 Å². The van der Waals surface area contributed by atoms with Gasteiger partial charge in [0.2, 0.25) is 11.1 Å². The SMILES string of the molecule is CCCSc1nc2n(n1)C(c1cc(Br)c(OCC)c(OC)c1)C(C(=O)Nc1ccccc1OC)=C(C)N2. The van der Waals surface area contributed by atoms with E-state index in [-0.39, 0.29) is 5.91 Å². The summed E-state index contributed by atoms with van der Waals surface area (Å²) in [5.74, 6) is 2.89.